The first-order valence-electron chi connectivity index (χ1n) is 10.6. The molecule has 8 heteroatoms. The number of hydrogen-bond donors (Lipinski definition) is 2. The number of H-pyrrole nitrogens is 1. The van der Waals surface area contributed by atoms with Crippen LogP contribution in [0.3, 0.4) is 0 Å². The minimum Gasteiger partial charge on any atom is -0.321 e. The van der Waals surface area contributed by atoms with Gasteiger partial charge in [0.1, 0.15) is 0 Å². The van der Waals surface area contributed by atoms with E-state index in [1.54, 1.807) is 12.3 Å². The second kappa shape index (κ2) is 8.37. The monoisotopic (exact) mass is 431 g/mol. The quantitative estimate of drug-likeness (QED) is 0.501. The molecule has 0 spiro atoms. The number of nitrogens with zero attached hydrogens (tertiary/aromatic N) is 3. The zero-order valence-electron chi connectivity index (χ0n) is 18.5. The van der Waals surface area contributed by atoms with Crippen molar-refractivity contribution in [2.24, 2.45) is 5.92 Å². The van der Waals surface area contributed by atoms with Crippen LogP contribution in [0, 0.1) is 5.92 Å². The van der Waals surface area contributed by atoms with Crippen LogP contribution in [0.25, 0.3) is 21.9 Å². The molecule has 0 atom stereocenters. The Kier molecular flexibility index (Phi) is 5.61. The SMILES string of the molecule is CC(C)Cn1c(=O)[nH]c(=O)c2c(C(=O)Nc3cnc4ccccc4c3)cc(C(C)C)nc21. The van der Waals surface area contributed by atoms with Crippen molar-refractivity contribution >= 4 is 33.5 Å². The highest BCUT2D eigenvalue weighted by Gasteiger charge is 2.21. The minimum atomic E-state index is -0.630. The molecule has 0 saturated carbocycles. The van der Waals surface area contributed by atoms with Gasteiger partial charge in [-0.2, -0.15) is 0 Å². The van der Waals surface area contributed by atoms with E-state index < -0.39 is 17.2 Å². The predicted molar refractivity (Wildman–Crippen MR) is 125 cm³/mol. The molecule has 0 saturated heterocycles. The molecule has 1 aromatic carbocycles. The summed E-state index contributed by atoms with van der Waals surface area (Å²) in [7, 11) is 0. The smallest absolute Gasteiger partial charge is 0.321 e. The van der Waals surface area contributed by atoms with Gasteiger partial charge in [0, 0.05) is 17.6 Å². The summed E-state index contributed by atoms with van der Waals surface area (Å²) < 4.78 is 1.43. The number of carbonyl (C=O) groups is 1. The van der Waals surface area contributed by atoms with Gasteiger partial charge in [0.05, 0.1) is 28.4 Å². The Labute approximate surface area is 184 Å². The fourth-order valence-corrected chi connectivity index (χ4v) is 3.64. The van der Waals surface area contributed by atoms with Gasteiger partial charge in [0.25, 0.3) is 11.5 Å². The number of pyridine rings is 2. The number of fused-ring (bicyclic) bond motifs is 2. The van der Waals surface area contributed by atoms with Crippen LogP contribution in [0.4, 0.5) is 5.69 Å². The summed E-state index contributed by atoms with van der Waals surface area (Å²) in [6.45, 7) is 8.20. The van der Waals surface area contributed by atoms with E-state index in [1.165, 1.54) is 4.57 Å². The lowest BCUT2D eigenvalue weighted by molar-refractivity contribution is 0.102. The number of hydrogen-bond acceptors (Lipinski definition) is 5. The second-order valence-corrected chi connectivity index (χ2v) is 8.58. The Morgan fingerprint density at radius 2 is 1.88 bits per heavy atom. The fourth-order valence-electron chi connectivity index (χ4n) is 3.64. The van der Waals surface area contributed by atoms with Crippen molar-refractivity contribution < 1.29 is 4.79 Å². The Bertz CT molecular complexity index is 1450. The molecule has 0 radical (unpaired) electrons. The van der Waals surface area contributed by atoms with Gasteiger partial charge < -0.3 is 5.32 Å². The highest BCUT2D eigenvalue weighted by atomic mass is 16.2. The van der Waals surface area contributed by atoms with E-state index >= 15 is 0 Å². The Balaban J connectivity index is 1.88. The number of benzene rings is 1. The third-order valence-electron chi connectivity index (χ3n) is 5.20. The van der Waals surface area contributed by atoms with Gasteiger partial charge in [0.2, 0.25) is 0 Å². The summed E-state index contributed by atoms with van der Waals surface area (Å²) in [5.41, 5.74) is 1.19. The molecule has 3 heterocycles. The molecule has 2 N–H and O–H groups in total. The van der Waals surface area contributed by atoms with Crippen molar-refractivity contribution in [3.05, 3.63) is 74.7 Å². The molecular formula is C24H25N5O3. The van der Waals surface area contributed by atoms with Gasteiger partial charge in [-0.15, -0.1) is 0 Å². The molecule has 0 unspecified atom stereocenters. The van der Waals surface area contributed by atoms with Crippen LogP contribution in [0.1, 0.15) is 49.7 Å². The molecule has 1 amide bonds. The first-order chi connectivity index (χ1) is 15.2. The number of para-hydroxylation sites is 1. The third kappa shape index (κ3) is 4.03. The second-order valence-electron chi connectivity index (χ2n) is 8.58. The number of rotatable bonds is 5. The zero-order valence-corrected chi connectivity index (χ0v) is 18.5. The number of aromatic amines is 1. The largest absolute Gasteiger partial charge is 0.330 e. The summed E-state index contributed by atoms with van der Waals surface area (Å²) >= 11 is 0. The van der Waals surface area contributed by atoms with E-state index in [2.05, 4.69) is 20.3 Å². The molecular weight excluding hydrogens is 406 g/mol. The number of carbonyl (C=O) groups excluding carboxylic acids is 1. The maximum absolute atomic E-state index is 13.3. The standard InChI is InChI=1S/C24H25N5O3/c1-13(2)12-29-21-20(23(31)28-24(29)32)17(10-19(27-21)14(3)4)22(30)26-16-9-15-7-5-6-8-18(15)25-11-16/h5-11,13-14H,12H2,1-4H3,(H,26,30)(H,28,31,32). The highest BCUT2D eigenvalue weighted by Crippen LogP contribution is 2.22. The van der Waals surface area contributed by atoms with Crippen LogP contribution in [0.5, 0.6) is 0 Å². The Morgan fingerprint density at radius 3 is 2.59 bits per heavy atom. The van der Waals surface area contributed by atoms with Crippen molar-refractivity contribution in [2.75, 3.05) is 5.32 Å². The lowest BCUT2D eigenvalue weighted by Crippen LogP contribution is -2.33. The number of amides is 1. The summed E-state index contributed by atoms with van der Waals surface area (Å²) in [5.74, 6) is -0.320. The maximum atomic E-state index is 13.3. The molecule has 164 valence electrons. The number of anilines is 1. The topological polar surface area (TPSA) is 110 Å². The molecule has 32 heavy (non-hydrogen) atoms. The van der Waals surface area contributed by atoms with Crippen LogP contribution >= 0.6 is 0 Å². The van der Waals surface area contributed by atoms with E-state index in [1.807, 2.05) is 58.0 Å². The minimum absolute atomic E-state index is 0.00447. The van der Waals surface area contributed by atoms with E-state index in [4.69, 9.17) is 0 Å². The van der Waals surface area contributed by atoms with Crippen LogP contribution in [0.2, 0.25) is 0 Å². The fraction of sp³-hybridized carbons (Fsp3) is 0.292. The summed E-state index contributed by atoms with van der Waals surface area (Å²) in [5, 5.41) is 3.82. The van der Waals surface area contributed by atoms with Crippen molar-refractivity contribution in [1.29, 1.82) is 0 Å². The summed E-state index contributed by atoms with van der Waals surface area (Å²) in [6, 6.07) is 11.0. The lowest BCUT2D eigenvalue weighted by Gasteiger charge is -2.16. The van der Waals surface area contributed by atoms with E-state index in [0.717, 1.165) is 10.9 Å². The lowest BCUT2D eigenvalue weighted by atomic mass is 10.0. The Morgan fingerprint density at radius 1 is 1.12 bits per heavy atom. The van der Waals surface area contributed by atoms with Gasteiger partial charge in [-0.25, -0.2) is 9.78 Å². The first-order valence-corrected chi connectivity index (χ1v) is 10.6. The zero-order chi connectivity index (χ0) is 23.0. The van der Waals surface area contributed by atoms with Crippen LogP contribution in [-0.4, -0.2) is 25.4 Å². The van der Waals surface area contributed by atoms with Crippen molar-refractivity contribution in [2.45, 2.75) is 40.2 Å². The molecule has 0 aliphatic carbocycles. The molecule has 3 aromatic heterocycles. The molecule has 0 aliphatic heterocycles. The highest BCUT2D eigenvalue weighted by molar-refractivity contribution is 6.12. The number of aromatic nitrogens is 4. The maximum Gasteiger partial charge on any atom is 0.330 e. The van der Waals surface area contributed by atoms with Crippen molar-refractivity contribution in [3.63, 3.8) is 0 Å². The van der Waals surface area contributed by atoms with Crippen molar-refractivity contribution in [1.82, 2.24) is 19.5 Å². The van der Waals surface area contributed by atoms with E-state index in [-0.39, 0.29) is 28.4 Å². The summed E-state index contributed by atoms with van der Waals surface area (Å²) in [6.07, 6.45) is 1.58. The molecule has 4 rings (SSSR count). The third-order valence-corrected chi connectivity index (χ3v) is 5.20. The van der Waals surface area contributed by atoms with Gasteiger partial charge >= 0.3 is 5.69 Å². The van der Waals surface area contributed by atoms with Crippen LogP contribution < -0.4 is 16.6 Å². The number of nitrogens with one attached hydrogen (secondary N) is 2. The molecule has 0 fully saturated rings. The van der Waals surface area contributed by atoms with E-state index in [9.17, 15) is 14.4 Å². The first kappa shape index (κ1) is 21.4. The summed E-state index contributed by atoms with van der Waals surface area (Å²) in [4.78, 5) is 49.9. The van der Waals surface area contributed by atoms with Gasteiger partial charge in [-0.3, -0.25) is 24.1 Å². The molecule has 4 aromatic rings. The average molecular weight is 431 g/mol. The predicted octanol–water partition coefficient (Wildman–Crippen LogP) is 3.66. The van der Waals surface area contributed by atoms with Crippen LogP contribution in [-0.2, 0) is 6.54 Å². The van der Waals surface area contributed by atoms with Gasteiger partial charge in [-0.1, -0.05) is 45.9 Å². The molecule has 0 aliphatic rings. The normalized spacial score (nSPS) is 11.6. The average Bonchev–Trinajstić information content (AvgIpc) is 2.75. The van der Waals surface area contributed by atoms with Crippen LogP contribution in [0.15, 0.2) is 52.2 Å². The molecule has 8 nitrogen and oxygen atoms in total. The Hall–Kier alpha value is -3.81. The van der Waals surface area contributed by atoms with Gasteiger partial charge in [-0.05, 0) is 30.0 Å². The van der Waals surface area contributed by atoms with E-state index in [0.29, 0.717) is 17.9 Å². The molecule has 0 bridgehead atoms. The van der Waals surface area contributed by atoms with Gasteiger partial charge in [0.15, 0.2) is 5.65 Å². The van der Waals surface area contributed by atoms with Crippen molar-refractivity contribution in [3.8, 4) is 0 Å².